The zero-order valence-electron chi connectivity index (χ0n) is 11.2. The molecule has 1 aliphatic carbocycles. The maximum absolute atomic E-state index is 12.3. The third kappa shape index (κ3) is 2.60. The number of nitrogens with one attached hydrogen (secondary N) is 1. The second kappa shape index (κ2) is 5.39. The van der Waals surface area contributed by atoms with Gasteiger partial charge in [0.25, 0.3) is 5.91 Å². The Bertz CT molecular complexity index is 702. The zero-order chi connectivity index (χ0) is 15.0. The summed E-state index contributed by atoms with van der Waals surface area (Å²) in [5, 5.41) is 13.5. The van der Waals surface area contributed by atoms with Crippen LogP contribution >= 0.6 is 11.6 Å². The molecule has 0 fully saturated rings. The van der Waals surface area contributed by atoms with Crippen LogP contribution in [0.4, 0.5) is 5.69 Å². The number of amides is 1. The van der Waals surface area contributed by atoms with Gasteiger partial charge in [0, 0.05) is 17.1 Å². The number of hydrogen-bond acceptors (Lipinski definition) is 3. The summed E-state index contributed by atoms with van der Waals surface area (Å²) in [4.78, 5) is 12.3. The zero-order valence-corrected chi connectivity index (χ0v) is 12.0. The number of carbonyl (C=O) groups excluding carboxylic acids is 1. The predicted octanol–water partition coefficient (Wildman–Crippen LogP) is 2.31. The van der Waals surface area contributed by atoms with Gasteiger partial charge in [0.2, 0.25) is 0 Å². The summed E-state index contributed by atoms with van der Waals surface area (Å²) >= 11 is 5.83. The molecule has 0 unspecified atom stereocenters. The van der Waals surface area contributed by atoms with Crippen LogP contribution in [-0.2, 0) is 6.42 Å². The van der Waals surface area contributed by atoms with Crippen LogP contribution in [0.2, 0.25) is 5.02 Å². The van der Waals surface area contributed by atoms with E-state index in [1.807, 2.05) is 24.3 Å². The summed E-state index contributed by atoms with van der Waals surface area (Å²) in [6.45, 7) is 0. The molecular weight excluding hydrogens is 288 g/mol. The van der Waals surface area contributed by atoms with E-state index in [0.717, 1.165) is 11.1 Å². The van der Waals surface area contributed by atoms with Crippen molar-refractivity contribution >= 4 is 23.2 Å². The van der Waals surface area contributed by atoms with Crippen LogP contribution in [0.15, 0.2) is 42.5 Å². The highest BCUT2D eigenvalue weighted by Crippen LogP contribution is 2.31. The van der Waals surface area contributed by atoms with Gasteiger partial charge in [0.1, 0.15) is 0 Å². The van der Waals surface area contributed by atoms with Gasteiger partial charge in [-0.3, -0.25) is 4.79 Å². The highest BCUT2D eigenvalue weighted by molar-refractivity contribution is 6.31. The van der Waals surface area contributed by atoms with E-state index in [9.17, 15) is 9.90 Å². The van der Waals surface area contributed by atoms with Gasteiger partial charge in [-0.25, -0.2) is 0 Å². The fourth-order valence-electron chi connectivity index (χ4n) is 2.71. The molecule has 21 heavy (non-hydrogen) atoms. The molecule has 3 rings (SSSR count). The third-order valence-corrected chi connectivity index (χ3v) is 3.98. The standard InChI is InChI=1S/C16H15ClN2O2/c17-10-5-6-12(13(18)8-10)16(21)19-15-11-4-2-1-3-9(11)7-14(15)20/h1-6,8,14-15,20H,7,18H2,(H,19,21)/t14-,15+/m0/s1. The number of nitrogen functional groups attached to an aromatic ring is 1. The smallest absolute Gasteiger partial charge is 0.253 e. The fraction of sp³-hybridized carbons (Fsp3) is 0.188. The first kappa shape index (κ1) is 13.9. The summed E-state index contributed by atoms with van der Waals surface area (Å²) in [6.07, 6.45) is -0.0862. The van der Waals surface area contributed by atoms with E-state index in [0.29, 0.717) is 22.7 Å². The number of anilines is 1. The van der Waals surface area contributed by atoms with Crippen molar-refractivity contribution in [2.75, 3.05) is 5.73 Å². The molecule has 1 amide bonds. The van der Waals surface area contributed by atoms with Gasteiger partial charge in [-0.15, -0.1) is 0 Å². The topological polar surface area (TPSA) is 75.4 Å². The molecule has 0 spiro atoms. The van der Waals surface area contributed by atoms with Crippen molar-refractivity contribution in [2.45, 2.75) is 18.6 Å². The number of carbonyl (C=O) groups is 1. The number of fused-ring (bicyclic) bond motifs is 1. The van der Waals surface area contributed by atoms with E-state index in [2.05, 4.69) is 5.32 Å². The Labute approximate surface area is 127 Å². The van der Waals surface area contributed by atoms with Crippen LogP contribution in [-0.4, -0.2) is 17.1 Å². The number of aliphatic hydroxyl groups is 1. The van der Waals surface area contributed by atoms with E-state index in [4.69, 9.17) is 17.3 Å². The molecule has 4 nitrogen and oxygen atoms in total. The molecule has 2 aromatic carbocycles. The molecule has 2 aromatic rings. The van der Waals surface area contributed by atoms with Gasteiger partial charge in [0.15, 0.2) is 0 Å². The van der Waals surface area contributed by atoms with Crippen LogP contribution < -0.4 is 11.1 Å². The molecule has 108 valence electrons. The van der Waals surface area contributed by atoms with Crippen LogP contribution in [0, 0.1) is 0 Å². The van der Waals surface area contributed by atoms with Crippen molar-refractivity contribution in [3.63, 3.8) is 0 Å². The van der Waals surface area contributed by atoms with Crippen LogP contribution in [0.5, 0.6) is 0 Å². The molecule has 0 saturated carbocycles. The first-order valence-electron chi connectivity index (χ1n) is 6.68. The van der Waals surface area contributed by atoms with Crippen molar-refractivity contribution in [3.8, 4) is 0 Å². The molecule has 0 bridgehead atoms. The van der Waals surface area contributed by atoms with E-state index in [1.54, 1.807) is 12.1 Å². The largest absolute Gasteiger partial charge is 0.398 e. The SMILES string of the molecule is Nc1cc(Cl)ccc1C(=O)N[C@@H]1c2ccccc2C[C@@H]1O. The molecule has 0 radical (unpaired) electrons. The summed E-state index contributed by atoms with van der Waals surface area (Å²) in [5.74, 6) is -0.315. The summed E-state index contributed by atoms with van der Waals surface area (Å²) in [6, 6.07) is 12.0. The monoisotopic (exact) mass is 302 g/mol. The second-order valence-corrected chi connectivity index (χ2v) is 5.59. The van der Waals surface area contributed by atoms with Crippen LogP contribution in [0.3, 0.4) is 0 Å². The molecule has 4 N–H and O–H groups in total. The number of nitrogens with two attached hydrogens (primary N) is 1. The molecule has 0 heterocycles. The third-order valence-electron chi connectivity index (χ3n) is 3.75. The number of benzene rings is 2. The number of aliphatic hydroxyl groups excluding tert-OH is 1. The van der Waals surface area contributed by atoms with E-state index in [1.165, 1.54) is 6.07 Å². The van der Waals surface area contributed by atoms with Crippen LogP contribution in [0.25, 0.3) is 0 Å². The number of halogens is 1. The summed E-state index contributed by atoms with van der Waals surface area (Å²) in [7, 11) is 0. The maximum atomic E-state index is 12.3. The van der Waals surface area contributed by atoms with Crippen molar-refractivity contribution < 1.29 is 9.90 Å². The number of hydrogen-bond donors (Lipinski definition) is 3. The lowest BCUT2D eigenvalue weighted by Crippen LogP contribution is -2.34. The highest BCUT2D eigenvalue weighted by atomic mass is 35.5. The molecule has 0 aromatic heterocycles. The first-order valence-corrected chi connectivity index (χ1v) is 7.06. The predicted molar refractivity (Wildman–Crippen MR) is 82.2 cm³/mol. The van der Waals surface area contributed by atoms with Gasteiger partial charge in [-0.05, 0) is 29.3 Å². The Hall–Kier alpha value is -2.04. The van der Waals surface area contributed by atoms with E-state index in [-0.39, 0.29) is 5.91 Å². The van der Waals surface area contributed by atoms with E-state index < -0.39 is 12.1 Å². The molecule has 5 heteroatoms. The lowest BCUT2D eigenvalue weighted by molar-refractivity contribution is 0.0859. The van der Waals surface area contributed by atoms with Gasteiger partial charge in [-0.2, -0.15) is 0 Å². The molecular formula is C16H15ClN2O2. The maximum Gasteiger partial charge on any atom is 0.253 e. The minimum Gasteiger partial charge on any atom is -0.398 e. The Morgan fingerprint density at radius 2 is 2.05 bits per heavy atom. The van der Waals surface area contributed by atoms with Gasteiger partial charge in [-0.1, -0.05) is 35.9 Å². The molecule has 1 aliphatic rings. The number of rotatable bonds is 2. The highest BCUT2D eigenvalue weighted by Gasteiger charge is 2.32. The Kier molecular flexibility index (Phi) is 3.57. The summed E-state index contributed by atoms with van der Waals surface area (Å²) < 4.78 is 0. The van der Waals surface area contributed by atoms with Crippen LogP contribution in [0.1, 0.15) is 27.5 Å². The van der Waals surface area contributed by atoms with Gasteiger partial charge in [0.05, 0.1) is 17.7 Å². The van der Waals surface area contributed by atoms with Gasteiger partial charge >= 0.3 is 0 Å². The second-order valence-electron chi connectivity index (χ2n) is 5.15. The molecule has 0 aliphatic heterocycles. The molecule has 2 atom stereocenters. The normalized spacial score (nSPS) is 20.1. The fourth-order valence-corrected chi connectivity index (χ4v) is 2.89. The van der Waals surface area contributed by atoms with Crippen molar-refractivity contribution in [1.82, 2.24) is 5.32 Å². The lowest BCUT2D eigenvalue weighted by Gasteiger charge is -2.18. The average Bonchev–Trinajstić information content (AvgIpc) is 2.75. The summed E-state index contributed by atoms with van der Waals surface area (Å²) in [5.41, 5.74) is 8.50. The van der Waals surface area contributed by atoms with Crippen molar-refractivity contribution in [3.05, 3.63) is 64.2 Å². The minimum atomic E-state index is -0.625. The lowest BCUT2D eigenvalue weighted by atomic mass is 10.1. The Morgan fingerprint density at radius 3 is 2.81 bits per heavy atom. The molecule has 0 saturated heterocycles. The average molecular weight is 303 g/mol. The first-order chi connectivity index (χ1) is 10.1. The quantitative estimate of drug-likeness (QED) is 0.745. The van der Waals surface area contributed by atoms with E-state index >= 15 is 0 Å². The Morgan fingerprint density at radius 1 is 1.29 bits per heavy atom. The van der Waals surface area contributed by atoms with Crippen molar-refractivity contribution in [1.29, 1.82) is 0 Å². The minimum absolute atomic E-state index is 0.315. The van der Waals surface area contributed by atoms with Crippen molar-refractivity contribution in [2.24, 2.45) is 0 Å². The van der Waals surface area contributed by atoms with Gasteiger partial charge < -0.3 is 16.2 Å². The Balaban J connectivity index is 1.85.